The van der Waals surface area contributed by atoms with Gasteiger partial charge in [0.15, 0.2) is 0 Å². The molecule has 0 bridgehead atoms. The summed E-state index contributed by atoms with van der Waals surface area (Å²) in [5.41, 5.74) is 0.937. The van der Waals surface area contributed by atoms with Crippen LogP contribution in [0, 0.1) is 29.9 Å². The monoisotopic (exact) mass is 382 g/mol. The van der Waals surface area contributed by atoms with Crippen LogP contribution in [0.15, 0.2) is 47.4 Å². The quantitative estimate of drug-likeness (QED) is 0.731. The zero-order chi connectivity index (χ0) is 20.3. The smallest absolute Gasteiger partial charge is 0.292 e. The molecule has 1 heterocycles. The number of anilines is 2. The molecule has 0 aliphatic rings. The Labute approximate surface area is 159 Å². The number of aryl methyl sites for hydroxylation is 1. The van der Waals surface area contributed by atoms with Crippen molar-refractivity contribution in [3.63, 3.8) is 0 Å². The molecular formula is C20H16F2N4O2. The van der Waals surface area contributed by atoms with Crippen molar-refractivity contribution < 1.29 is 13.5 Å². The number of hydrogen-bond donors (Lipinski definition) is 1. The SMILES string of the molecule is COc1ccc(C)c(Nc2nc(=O)c(C#N)cn2Cc2cc(F)cc(F)c2)c1. The molecule has 0 aliphatic heterocycles. The van der Waals surface area contributed by atoms with E-state index >= 15 is 0 Å². The molecule has 1 N–H and O–H groups in total. The number of halogens is 2. The minimum absolute atomic E-state index is 0.00197. The molecule has 3 rings (SSSR count). The van der Waals surface area contributed by atoms with E-state index in [2.05, 4.69) is 10.3 Å². The van der Waals surface area contributed by atoms with Crippen molar-refractivity contribution in [2.45, 2.75) is 13.5 Å². The minimum atomic E-state index is -0.720. The fourth-order valence-corrected chi connectivity index (χ4v) is 2.67. The summed E-state index contributed by atoms with van der Waals surface area (Å²) < 4.78 is 33.7. The number of nitrogens with zero attached hydrogens (tertiary/aromatic N) is 3. The fourth-order valence-electron chi connectivity index (χ4n) is 2.67. The van der Waals surface area contributed by atoms with Gasteiger partial charge in [0.25, 0.3) is 5.56 Å². The van der Waals surface area contributed by atoms with Gasteiger partial charge in [0, 0.05) is 24.0 Å². The maximum atomic E-state index is 13.5. The van der Waals surface area contributed by atoms with Crippen molar-refractivity contribution in [2.24, 2.45) is 0 Å². The molecule has 28 heavy (non-hydrogen) atoms. The average molecular weight is 382 g/mol. The van der Waals surface area contributed by atoms with Gasteiger partial charge in [-0.05, 0) is 36.2 Å². The van der Waals surface area contributed by atoms with Crippen molar-refractivity contribution in [2.75, 3.05) is 12.4 Å². The molecule has 0 saturated carbocycles. The molecule has 1 aromatic heterocycles. The maximum absolute atomic E-state index is 13.5. The lowest BCUT2D eigenvalue weighted by Gasteiger charge is -2.16. The standard InChI is InChI=1S/C20H16F2N4O2/c1-12-3-4-17(28-2)8-18(12)24-20-25-19(27)14(9-23)11-26(20)10-13-5-15(21)7-16(22)6-13/h3-8,11H,10H2,1-2H3,(H,24,25,27). The topological polar surface area (TPSA) is 79.9 Å². The Morgan fingerprint density at radius 2 is 1.93 bits per heavy atom. The van der Waals surface area contributed by atoms with Crippen LogP contribution in [0.5, 0.6) is 5.75 Å². The second-order valence-electron chi connectivity index (χ2n) is 6.11. The number of nitriles is 1. The van der Waals surface area contributed by atoms with E-state index in [-0.39, 0.29) is 18.1 Å². The third-order valence-electron chi connectivity index (χ3n) is 4.08. The molecule has 0 radical (unpaired) electrons. The third kappa shape index (κ3) is 4.15. The first kappa shape index (κ1) is 19.0. The summed E-state index contributed by atoms with van der Waals surface area (Å²) in [6, 6.07) is 10.2. The molecule has 0 unspecified atom stereocenters. The highest BCUT2D eigenvalue weighted by Gasteiger charge is 2.12. The molecule has 6 nitrogen and oxygen atoms in total. The number of nitrogens with one attached hydrogen (secondary N) is 1. The lowest BCUT2D eigenvalue weighted by atomic mass is 10.2. The van der Waals surface area contributed by atoms with E-state index in [9.17, 15) is 13.6 Å². The first-order valence-corrected chi connectivity index (χ1v) is 8.28. The number of rotatable bonds is 5. The molecule has 0 spiro atoms. The Hall–Kier alpha value is -3.73. The average Bonchev–Trinajstić information content (AvgIpc) is 2.64. The van der Waals surface area contributed by atoms with Crippen molar-refractivity contribution in [3.05, 3.63) is 81.3 Å². The van der Waals surface area contributed by atoms with Gasteiger partial charge >= 0.3 is 0 Å². The second-order valence-corrected chi connectivity index (χ2v) is 6.11. The fraction of sp³-hybridized carbons (Fsp3) is 0.150. The van der Waals surface area contributed by atoms with Gasteiger partial charge in [-0.25, -0.2) is 8.78 Å². The van der Waals surface area contributed by atoms with Crippen molar-refractivity contribution in [3.8, 4) is 11.8 Å². The highest BCUT2D eigenvalue weighted by molar-refractivity contribution is 5.61. The van der Waals surface area contributed by atoms with Crippen LogP contribution in [0.25, 0.3) is 0 Å². The Morgan fingerprint density at radius 3 is 2.57 bits per heavy atom. The Balaban J connectivity index is 2.06. The highest BCUT2D eigenvalue weighted by atomic mass is 19.1. The van der Waals surface area contributed by atoms with Gasteiger partial charge < -0.3 is 14.6 Å². The van der Waals surface area contributed by atoms with Crippen LogP contribution in [0.1, 0.15) is 16.7 Å². The molecular weight excluding hydrogens is 366 g/mol. The van der Waals surface area contributed by atoms with Crippen molar-refractivity contribution >= 4 is 11.6 Å². The molecule has 0 atom stereocenters. The summed E-state index contributed by atoms with van der Waals surface area (Å²) in [7, 11) is 1.53. The van der Waals surface area contributed by atoms with Crippen LogP contribution in [-0.2, 0) is 6.54 Å². The first-order valence-electron chi connectivity index (χ1n) is 8.28. The largest absolute Gasteiger partial charge is 0.497 e. The van der Waals surface area contributed by atoms with Crippen LogP contribution in [0.2, 0.25) is 0 Å². The van der Waals surface area contributed by atoms with E-state index in [1.807, 2.05) is 13.0 Å². The third-order valence-corrected chi connectivity index (χ3v) is 4.08. The van der Waals surface area contributed by atoms with Gasteiger partial charge in [-0.1, -0.05) is 6.07 Å². The van der Waals surface area contributed by atoms with Gasteiger partial charge in [0.1, 0.15) is 29.0 Å². The van der Waals surface area contributed by atoms with Crippen LogP contribution >= 0.6 is 0 Å². The summed E-state index contributed by atoms with van der Waals surface area (Å²) >= 11 is 0. The van der Waals surface area contributed by atoms with Gasteiger partial charge in [-0.15, -0.1) is 0 Å². The molecule has 0 fully saturated rings. The van der Waals surface area contributed by atoms with Crippen LogP contribution < -0.4 is 15.6 Å². The predicted molar refractivity (Wildman–Crippen MR) is 99.7 cm³/mol. The van der Waals surface area contributed by atoms with E-state index in [0.717, 1.165) is 11.6 Å². The van der Waals surface area contributed by atoms with E-state index in [1.165, 1.54) is 30.0 Å². The molecule has 142 valence electrons. The summed E-state index contributed by atoms with van der Waals surface area (Å²) in [6.07, 6.45) is 1.30. The number of methoxy groups -OCH3 is 1. The van der Waals surface area contributed by atoms with Gasteiger partial charge in [-0.2, -0.15) is 10.2 Å². The van der Waals surface area contributed by atoms with Crippen LogP contribution in [0.3, 0.4) is 0 Å². The summed E-state index contributed by atoms with van der Waals surface area (Å²) in [5.74, 6) is -0.710. The molecule has 0 saturated heterocycles. The number of aromatic nitrogens is 2. The highest BCUT2D eigenvalue weighted by Crippen LogP contribution is 2.25. The maximum Gasteiger partial charge on any atom is 0.292 e. The number of benzene rings is 2. The zero-order valence-corrected chi connectivity index (χ0v) is 15.2. The lowest BCUT2D eigenvalue weighted by Crippen LogP contribution is -2.20. The van der Waals surface area contributed by atoms with Crippen LogP contribution in [0.4, 0.5) is 20.4 Å². The van der Waals surface area contributed by atoms with Gasteiger partial charge in [0.05, 0.1) is 13.7 Å². The summed E-state index contributed by atoms with van der Waals surface area (Å²) in [5, 5.41) is 12.2. The van der Waals surface area contributed by atoms with Crippen molar-refractivity contribution in [1.82, 2.24) is 9.55 Å². The molecule has 3 aromatic rings. The number of ether oxygens (including phenoxy) is 1. The van der Waals surface area contributed by atoms with E-state index < -0.39 is 17.2 Å². The van der Waals surface area contributed by atoms with E-state index in [0.29, 0.717) is 17.0 Å². The predicted octanol–water partition coefficient (Wildman–Crippen LogP) is 3.50. The summed E-state index contributed by atoms with van der Waals surface area (Å²) in [6.45, 7) is 1.86. The summed E-state index contributed by atoms with van der Waals surface area (Å²) in [4.78, 5) is 16.0. The van der Waals surface area contributed by atoms with Gasteiger partial charge in [0.2, 0.25) is 5.95 Å². The minimum Gasteiger partial charge on any atom is -0.497 e. The molecule has 0 amide bonds. The zero-order valence-electron chi connectivity index (χ0n) is 15.2. The molecule has 0 aliphatic carbocycles. The van der Waals surface area contributed by atoms with Crippen molar-refractivity contribution in [1.29, 1.82) is 5.26 Å². The van der Waals surface area contributed by atoms with Crippen LogP contribution in [-0.4, -0.2) is 16.7 Å². The Morgan fingerprint density at radius 1 is 1.21 bits per heavy atom. The first-order chi connectivity index (χ1) is 13.4. The van der Waals surface area contributed by atoms with Gasteiger partial charge in [-0.3, -0.25) is 4.79 Å². The number of hydrogen-bond acceptors (Lipinski definition) is 5. The second kappa shape index (κ2) is 7.88. The molecule has 8 heteroatoms. The van der Waals surface area contributed by atoms with E-state index in [1.54, 1.807) is 18.2 Å². The lowest BCUT2D eigenvalue weighted by molar-refractivity contribution is 0.415. The van der Waals surface area contributed by atoms with E-state index in [4.69, 9.17) is 10.00 Å². The normalized spacial score (nSPS) is 10.4. The Kier molecular flexibility index (Phi) is 5.36. The Bertz CT molecular complexity index is 1120. The molecule has 2 aromatic carbocycles.